The largest absolute Gasteiger partial charge is 0.323 e. The Morgan fingerprint density at radius 3 is 2.41 bits per heavy atom. The minimum Gasteiger partial charge on any atom is -0.323 e. The highest BCUT2D eigenvalue weighted by molar-refractivity contribution is 7.92. The second kappa shape index (κ2) is 5.65. The lowest BCUT2D eigenvalue weighted by Crippen LogP contribution is -2.28. The van der Waals surface area contributed by atoms with E-state index in [1.165, 1.54) is 0 Å². The van der Waals surface area contributed by atoms with Gasteiger partial charge in [0.1, 0.15) is 0 Å². The third-order valence-electron chi connectivity index (χ3n) is 3.19. The van der Waals surface area contributed by atoms with Crippen LogP contribution in [0.25, 0.3) is 0 Å². The van der Waals surface area contributed by atoms with Crippen LogP contribution in [-0.2, 0) is 9.84 Å². The molecule has 0 saturated heterocycles. The highest BCUT2D eigenvalue weighted by atomic mass is 32.2. The van der Waals surface area contributed by atoms with Gasteiger partial charge >= 0.3 is 0 Å². The smallest absolute Gasteiger partial charge is 0.154 e. The van der Waals surface area contributed by atoms with E-state index in [4.69, 9.17) is 5.73 Å². The molecule has 1 rings (SSSR count). The molecule has 0 amide bonds. The van der Waals surface area contributed by atoms with Gasteiger partial charge in [-0.2, -0.15) is 0 Å². The minimum atomic E-state index is -3.10. The summed E-state index contributed by atoms with van der Waals surface area (Å²) in [6.45, 7) is 5.56. The van der Waals surface area contributed by atoms with Gasteiger partial charge in [0.05, 0.1) is 11.0 Å². The van der Waals surface area contributed by atoms with Gasteiger partial charge in [-0.3, -0.25) is 0 Å². The van der Waals surface area contributed by atoms with Gasteiger partial charge in [-0.1, -0.05) is 31.2 Å². The van der Waals surface area contributed by atoms with Crippen molar-refractivity contribution in [1.29, 1.82) is 0 Å². The Balaban J connectivity index is 2.87. The van der Waals surface area contributed by atoms with E-state index in [2.05, 4.69) is 0 Å². The lowest BCUT2D eigenvalue weighted by molar-refractivity contribution is 0.573. The van der Waals surface area contributed by atoms with Gasteiger partial charge in [0.2, 0.25) is 0 Å². The lowest BCUT2D eigenvalue weighted by Gasteiger charge is -2.17. The van der Waals surface area contributed by atoms with Crippen LogP contribution < -0.4 is 5.73 Å². The summed E-state index contributed by atoms with van der Waals surface area (Å²) >= 11 is 0. The van der Waals surface area contributed by atoms with Crippen molar-refractivity contribution in [3.63, 3.8) is 0 Å². The van der Waals surface area contributed by atoms with Crippen LogP contribution in [0.1, 0.15) is 37.4 Å². The van der Waals surface area contributed by atoms with Crippen molar-refractivity contribution in [2.45, 2.75) is 38.5 Å². The summed E-state index contributed by atoms with van der Waals surface area (Å²) in [6, 6.07) is 7.22. The van der Waals surface area contributed by atoms with E-state index < -0.39 is 15.9 Å². The maximum Gasteiger partial charge on any atom is 0.154 e. The highest BCUT2D eigenvalue weighted by Gasteiger charge is 2.23. The molecule has 0 aliphatic carbocycles. The Kier molecular flexibility index (Phi) is 4.71. The van der Waals surface area contributed by atoms with Gasteiger partial charge in [-0.05, 0) is 31.4 Å². The molecule has 17 heavy (non-hydrogen) atoms. The highest BCUT2D eigenvalue weighted by Crippen LogP contribution is 2.19. The fraction of sp³-hybridized carbons (Fsp3) is 0.538. The zero-order chi connectivity index (χ0) is 13.1. The van der Waals surface area contributed by atoms with Crippen LogP contribution >= 0.6 is 0 Å². The Bertz CT molecular complexity index is 468. The number of hydrogen-bond donors (Lipinski definition) is 1. The molecule has 2 unspecified atom stereocenters. The molecule has 3 nitrogen and oxygen atoms in total. The Morgan fingerprint density at radius 2 is 1.88 bits per heavy atom. The summed E-state index contributed by atoms with van der Waals surface area (Å²) < 4.78 is 24.0. The van der Waals surface area contributed by atoms with Gasteiger partial charge in [-0.15, -0.1) is 0 Å². The molecule has 0 aromatic heterocycles. The SMILES string of the molecule is CCC(C)S(=O)(=O)CC(N)c1ccccc1C. The second-order valence-corrected chi connectivity index (χ2v) is 6.98. The van der Waals surface area contributed by atoms with Crippen LogP contribution in [0, 0.1) is 6.92 Å². The topological polar surface area (TPSA) is 60.2 Å². The molecular formula is C13H21NO2S. The van der Waals surface area contributed by atoms with Crippen LogP contribution in [0.4, 0.5) is 0 Å². The number of rotatable bonds is 5. The number of benzene rings is 1. The molecule has 96 valence electrons. The normalized spacial score (nSPS) is 15.5. The van der Waals surface area contributed by atoms with Gasteiger partial charge in [0, 0.05) is 6.04 Å². The van der Waals surface area contributed by atoms with Crippen molar-refractivity contribution in [2.24, 2.45) is 5.73 Å². The third kappa shape index (κ3) is 3.54. The van der Waals surface area contributed by atoms with Crippen molar-refractivity contribution in [1.82, 2.24) is 0 Å². The second-order valence-electron chi connectivity index (χ2n) is 4.51. The Morgan fingerprint density at radius 1 is 1.29 bits per heavy atom. The molecule has 1 aromatic rings. The monoisotopic (exact) mass is 255 g/mol. The standard InChI is InChI=1S/C13H21NO2S/c1-4-11(3)17(15,16)9-13(14)12-8-6-5-7-10(12)2/h5-8,11,13H,4,9,14H2,1-3H3. The first-order chi connectivity index (χ1) is 7.88. The summed E-state index contributed by atoms with van der Waals surface area (Å²) in [5.74, 6) is 0.0207. The molecule has 0 spiro atoms. The summed E-state index contributed by atoms with van der Waals surface area (Å²) in [7, 11) is -3.10. The summed E-state index contributed by atoms with van der Waals surface area (Å²) in [4.78, 5) is 0. The molecule has 2 N–H and O–H groups in total. The minimum absolute atomic E-state index is 0.0207. The Hall–Kier alpha value is -0.870. The van der Waals surface area contributed by atoms with Crippen molar-refractivity contribution >= 4 is 9.84 Å². The number of nitrogens with two attached hydrogens (primary N) is 1. The molecule has 1 aromatic carbocycles. The van der Waals surface area contributed by atoms with Gasteiger partial charge in [0.15, 0.2) is 9.84 Å². The molecule has 4 heteroatoms. The van der Waals surface area contributed by atoms with E-state index in [0.717, 1.165) is 11.1 Å². The molecule has 0 fully saturated rings. The van der Waals surface area contributed by atoms with E-state index in [1.807, 2.05) is 38.1 Å². The number of sulfone groups is 1. The molecule has 0 aliphatic rings. The Labute approximate surface area is 104 Å². The number of aryl methyl sites for hydroxylation is 1. The molecular weight excluding hydrogens is 234 g/mol. The summed E-state index contributed by atoms with van der Waals surface area (Å²) in [5, 5.41) is -0.322. The zero-order valence-corrected chi connectivity index (χ0v) is 11.5. The van der Waals surface area contributed by atoms with Crippen molar-refractivity contribution in [2.75, 3.05) is 5.75 Å². The van der Waals surface area contributed by atoms with E-state index in [-0.39, 0.29) is 11.0 Å². The average molecular weight is 255 g/mol. The van der Waals surface area contributed by atoms with Gasteiger partial charge in [0.25, 0.3) is 0 Å². The van der Waals surface area contributed by atoms with Crippen LogP contribution in [0.15, 0.2) is 24.3 Å². The van der Waals surface area contributed by atoms with Crippen LogP contribution in [-0.4, -0.2) is 19.4 Å². The fourth-order valence-electron chi connectivity index (χ4n) is 1.76. The first-order valence-corrected chi connectivity index (χ1v) is 7.62. The van der Waals surface area contributed by atoms with Crippen molar-refractivity contribution in [3.8, 4) is 0 Å². The van der Waals surface area contributed by atoms with Crippen molar-refractivity contribution in [3.05, 3.63) is 35.4 Å². The molecule has 0 aliphatic heterocycles. The quantitative estimate of drug-likeness (QED) is 0.877. The van der Waals surface area contributed by atoms with Gasteiger partial charge < -0.3 is 5.73 Å². The van der Waals surface area contributed by atoms with Crippen LogP contribution in [0.2, 0.25) is 0 Å². The zero-order valence-electron chi connectivity index (χ0n) is 10.7. The third-order valence-corrected chi connectivity index (χ3v) is 5.57. The maximum absolute atomic E-state index is 12.0. The van der Waals surface area contributed by atoms with E-state index in [0.29, 0.717) is 6.42 Å². The van der Waals surface area contributed by atoms with Gasteiger partial charge in [-0.25, -0.2) is 8.42 Å². The summed E-state index contributed by atoms with van der Waals surface area (Å²) in [6.07, 6.45) is 0.628. The predicted octanol–water partition coefficient (Wildman–Crippen LogP) is 2.21. The van der Waals surface area contributed by atoms with Crippen molar-refractivity contribution < 1.29 is 8.42 Å². The average Bonchev–Trinajstić information content (AvgIpc) is 2.27. The van der Waals surface area contributed by atoms with E-state index in [9.17, 15) is 8.42 Å². The molecule has 0 heterocycles. The summed E-state index contributed by atoms with van der Waals surface area (Å²) in [5.41, 5.74) is 7.95. The van der Waals surface area contributed by atoms with Crippen LogP contribution in [0.3, 0.4) is 0 Å². The number of hydrogen-bond acceptors (Lipinski definition) is 3. The maximum atomic E-state index is 12.0. The van der Waals surface area contributed by atoms with Crippen LogP contribution in [0.5, 0.6) is 0 Å². The lowest BCUT2D eigenvalue weighted by atomic mass is 10.0. The molecule has 0 bridgehead atoms. The first-order valence-electron chi connectivity index (χ1n) is 5.91. The first kappa shape index (κ1) is 14.2. The molecule has 0 saturated carbocycles. The van der Waals surface area contributed by atoms with E-state index in [1.54, 1.807) is 6.92 Å². The predicted molar refractivity (Wildman–Crippen MR) is 71.6 cm³/mol. The fourth-order valence-corrected chi connectivity index (χ4v) is 3.28. The van der Waals surface area contributed by atoms with E-state index >= 15 is 0 Å². The molecule has 2 atom stereocenters. The molecule has 0 radical (unpaired) electrons.